The van der Waals surface area contributed by atoms with Gasteiger partial charge in [-0.3, -0.25) is 9.36 Å². The van der Waals surface area contributed by atoms with Gasteiger partial charge >= 0.3 is 0 Å². The SMILES string of the molecule is C[C@H]1CC2(CCN(c3nc(N)c(-c4ccccc4)c(=O)n3C)CC2)CO1. The number of nitrogen functional groups attached to an aromatic ring is 1. The first-order valence-electron chi connectivity index (χ1n) is 9.28. The van der Waals surface area contributed by atoms with Crippen molar-refractivity contribution in [3.05, 3.63) is 40.7 Å². The minimum absolute atomic E-state index is 0.100. The summed E-state index contributed by atoms with van der Waals surface area (Å²) in [5.74, 6) is 0.960. The molecule has 0 amide bonds. The molecule has 6 heteroatoms. The second kappa shape index (κ2) is 6.43. The van der Waals surface area contributed by atoms with Gasteiger partial charge in [-0.2, -0.15) is 4.98 Å². The summed E-state index contributed by atoms with van der Waals surface area (Å²) in [5.41, 5.74) is 7.67. The first kappa shape index (κ1) is 17.1. The lowest BCUT2D eigenvalue weighted by atomic mass is 9.77. The highest BCUT2D eigenvalue weighted by molar-refractivity contribution is 5.73. The molecular formula is C20H26N4O2. The van der Waals surface area contributed by atoms with Gasteiger partial charge in [0.15, 0.2) is 0 Å². The molecule has 138 valence electrons. The van der Waals surface area contributed by atoms with Gasteiger partial charge in [0.25, 0.3) is 5.56 Å². The summed E-state index contributed by atoms with van der Waals surface area (Å²) in [6.45, 7) is 4.75. The summed E-state index contributed by atoms with van der Waals surface area (Å²) >= 11 is 0. The molecule has 2 N–H and O–H groups in total. The number of aromatic nitrogens is 2. The zero-order valence-corrected chi connectivity index (χ0v) is 15.4. The molecular weight excluding hydrogens is 328 g/mol. The maximum Gasteiger partial charge on any atom is 0.264 e. The minimum atomic E-state index is -0.100. The number of ether oxygens (including phenoxy) is 1. The van der Waals surface area contributed by atoms with Crippen molar-refractivity contribution in [3.63, 3.8) is 0 Å². The Morgan fingerprint density at radius 2 is 1.92 bits per heavy atom. The van der Waals surface area contributed by atoms with E-state index in [4.69, 9.17) is 10.5 Å². The maximum absolute atomic E-state index is 12.9. The molecule has 0 saturated carbocycles. The quantitative estimate of drug-likeness (QED) is 0.897. The van der Waals surface area contributed by atoms with Crippen molar-refractivity contribution in [2.75, 3.05) is 30.3 Å². The normalized spacial score (nSPS) is 22.1. The third kappa shape index (κ3) is 2.88. The molecule has 2 saturated heterocycles. The number of piperidine rings is 1. The Kier molecular flexibility index (Phi) is 4.23. The van der Waals surface area contributed by atoms with E-state index in [0.717, 1.165) is 44.5 Å². The van der Waals surface area contributed by atoms with Crippen LogP contribution >= 0.6 is 0 Å². The van der Waals surface area contributed by atoms with Crippen molar-refractivity contribution >= 4 is 11.8 Å². The third-order valence-electron chi connectivity index (χ3n) is 5.86. The molecule has 6 nitrogen and oxygen atoms in total. The van der Waals surface area contributed by atoms with Crippen LogP contribution in [0.15, 0.2) is 35.1 Å². The topological polar surface area (TPSA) is 73.4 Å². The van der Waals surface area contributed by atoms with E-state index in [2.05, 4.69) is 16.8 Å². The highest BCUT2D eigenvalue weighted by Crippen LogP contribution is 2.42. The maximum atomic E-state index is 12.9. The summed E-state index contributed by atoms with van der Waals surface area (Å²) in [6, 6.07) is 9.50. The fourth-order valence-corrected chi connectivity index (χ4v) is 4.34. The van der Waals surface area contributed by atoms with Gasteiger partial charge in [0.05, 0.1) is 18.3 Å². The number of anilines is 2. The highest BCUT2D eigenvalue weighted by Gasteiger charge is 2.41. The first-order valence-corrected chi connectivity index (χ1v) is 9.28. The molecule has 26 heavy (non-hydrogen) atoms. The molecule has 0 radical (unpaired) electrons. The molecule has 2 aromatic rings. The Bertz CT molecular complexity index is 854. The van der Waals surface area contributed by atoms with Crippen LogP contribution < -0.4 is 16.2 Å². The first-order chi connectivity index (χ1) is 12.5. The number of rotatable bonds is 2. The van der Waals surface area contributed by atoms with Crippen molar-refractivity contribution in [2.45, 2.75) is 32.3 Å². The van der Waals surface area contributed by atoms with Gasteiger partial charge in [-0.05, 0) is 37.2 Å². The Morgan fingerprint density at radius 1 is 1.23 bits per heavy atom. The van der Waals surface area contributed by atoms with E-state index in [9.17, 15) is 4.79 Å². The zero-order chi connectivity index (χ0) is 18.3. The van der Waals surface area contributed by atoms with Crippen LogP contribution in [-0.4, -0.2) is 35.4 Å². The van der Waals surface area contributed by atoms with Crippen molar-refractivity contribution < 1.29 is 4.74 Å². The van der Waals surface area contributed by atoms with E-state index in [1.807, 2.05) is 30.3 Å². The Balaban J connectivity index is 1.62. The smallest absolute Gasteiger partial charge is 0.264 e. The lowest BCUT2D eigenvalue weighted by molar-refractivity contribution is 0.0974. The summed E-state index contributed by atoms with van der Waals surface area (Å²) < 4.78 is 7.43. The number of hydrogen-bond acceptors (Lipinski definition) is 5. The van der Waals surface area contributed by atoms with E-state index < -0.39 is 0 Å². The number of nitrogens with zero attached hydrogens (tertiary/aromatic N) is 3. The van der Waals surface area contributed by atoms with E-state index in [-0.39, 0.29) is 5.56 Å². The van der Waals surface area contributed by atoms with Crippen LogP contribution in [0.5, 0.6) is 0 Å². The standard InChI is InChI=1S/C20H26N4O2/c1-14-12-20(13-26-14)8-10-24(11-9-20)19-22-17(21)16(18(25)23(19)2)15-6-4-3-5-7-15/h3-7,14H,8-13,21H2,1-2H3/t14-/m0/s1. The summed E-state index contributed by atoms with van der Waals surface area (Å²) in [6.07, 6.45) is 3.61. The summed E-state index contributed by atoms with van der Waals surface area (Å²) in [7, 11) is 1.78. The van der Waals surface area contributed by atoms with Gasteiger partial charge in [0, 0.05) is 20.1 Å². The minimum Gasteiger partial charge on any atom is -0.383 e. The Morgan fingerprint density at radius 3 is 2.54 bits per heavy atom. The van der Waals surface area contributed by atoms with Gasteiger partial charge in [-0.15, -0.1) is 0 Å². The van der Waals surface area contributed by atoms with Crippen LogP contribution in [0.2, 0.25) is 0 Å². The van der Waals surface area contributed by atoms with Gasteiger partial charge in [-0.1, -0.05) is 30.3 Å². The van der Waals surface area contributed by atoms with Crippen LogP contribution in [0.1, 0.15) is 26.2 Å². The summed E-state index contributed by atoms with van der Waals surface area (Å²) in [5, 5.41) is 0. The van der Waals surface area contributed by atoms with E-state index >= 15 is 0 Å². The van der Waals surface area contributed by atoms with Crippen LogP contribution in [0, 0.1) is 5.41 Å². The average molecular weight is 354 g/mol. The Hall–Kier alpha value is -2.34. The largest absolute Gasteiger partial charge is 0.383 e. The van der Waals surface area contributed by atoms with Crippen molar-refractivity contribution in [1.82, 2.24) is 9.55 Å². The molecule has 2 aliphatic rings. The summed E-state index contributed by atoms with van der Waals surface area (Å²) in [4.78, 5) is 19.7. The van der Waals surface area contributed by atoms with E-state index in [1.165, 1.54) is 0 Å². The number of nitrogens with two attached hydrogens (primary N) is 1. The molecule has 2 aliphatic heterocycles. The number of hydrogen-bond donors (Lipinski definition) is 1. The second-order valence-corrected chi connectivity index (χ2v) is 7.72. The predicted octanol–water partition coefficient (Wildman–Crippen LogP) is 2.42. The van der Waals surface area contributed by atoms with Gasteiger partial charge in [0.2, 0.25) is 5.95 Å². The van der Waals surface area contributed by atoms with Gasteiger partial charge in [-0.25, -0.2) is 0 Å². The van der Waals surface area contributed by atoms with Crippen LogP contribution in [-0.2, 0) is 11.8 Å². The van der Waals surface area contributed by atoms with Crippen LogP contribution in [0.3, 0.4) is 0 Å². The monoisotopic (exact) mass is 354 g/mol. The van der Waals surface area contributed by atoms with Crippen molar-refractivity contribution in [3.8, 4) is 11.1 Å². The van der Waals surface area contributed by atoms with E-state index in [0.29, 0.717) is 28.8 Å². The molecule has 0 aliphatic carbocycles. The second-order valence-electron chi connectivity index (χ2n) is 7.72. The number of benzene rings is 1. The van der Waals surface area contributed by atoms with Crippen molar-refractivity contribution in [2.24, 2.45) is 12.5 Å². The molecule has 4 rings (SSSR count). The molecule has 1 aromatic carbocycles. The molecule has 2 fully saturated rings. The third-order valence-corrected chi connectivity index (χ3v) is 5.86. The van der Waals surface area contributed by atoms with Crippen LogP contribution in [0.25, 0.3) is 11.1 Å². The average Bonchev–Trinajstić information content (AvgIpc) is 3.00. The molecule has 1 spiro atoms. The Labute approximate surface area is 153 Å². The van der Waals surface area contributed by atoms with Crippen LogP contribution in [0.4, 0.5) is 11.8 Å². The van der Waals surface area contributed by atoms with E-state index in [1.54, 1.807) is 11.6 Å². The predicted molar refractivity (Wildman–Crippen MR) is 103 cm³/mol. The molecule has 0 bridgehead atoms. The molecule has 1 atom stereocenters. The molecule has 1 aromatic heterocycles. The molecule has 0 unspecified atom stereocenters. The highest BCUT2D eigenvalue weighted by atomic mass is 16.5. The molecule has 3 heterocycles. The lowest BCUT2D eigenvalue weighted by Gasteiger charge is -2.39. The van der Waals surface area contributed by atoms with Crippen molar-refractivity contribution in [1.29, 1.82) is 0 Å². The fraction of sp³-hybridized carbons (Fsp3) is 0.500. The van der Waals surface area contributed by atoms with Gasteiger partial charge < -0.3 is 15.4 Å². The zero-order valence-electron chi connectivity index (χ0n) is 15.4. The fourth-order valence-electron chi connectivity index (χ4n) is 4.34. The lowest BCUT2D eigenvalue weighted by Crippen LogP contribution is -2.43. The van der Waals surface area contributed by atoms with Gasteiger partial charge in [0.1, 0.15) is 5.82 Å².